The van der Waals surface area contributed by atoms with Gasteiger partial charge in [-0.05, 0) is 18.6 Å². The van der Waals surface area contributed by atoms with Gasteiger partial charge in [0.2, 0.25) is 5.76 Å². The van der Waals surface area contributed by atoms with Crippen LogP contribution in [0.3, 0.4) is 0 Å². The molecule has 4 nitrogen and oxygen atoms in total. The molecular formula is C14H14O4. The van der Waals surface area contributed by atoms with Gasteiger partial charge >= 0.3 is 5.97 Å². The normalized spacial score (nSPS) is 10.5. The standard InChI is InChI=1S/C14H14O4/c1-10-7-12(18-13(10)14(15)16)9-17-8-11-5-3-2-4-6-11/h2-7H,8-9H2,1H3,(H,15,16). The summed E-state index contributed by atoms with van der Waals surface area (Å²) < 4.78 is 10.7. The number of carbonyl (C=O) groups is 1. The second kappa shape index (κ2) is 5.51. The SMILES string of the molecule is Cc1cc(COCc2ccccc2)oc1C(=O)O. The number of rotatable bonds is 5. The molecule has 1 aromatic heterocycles. The quantitative estimate of drug-likeness (QED) is 0.881. The Morgan fingerprint density at radius 2 is 2.00 bits per heavy atom. The van der Waals surface area contributed by atoms with Crippen molar-refractivity contribution in [2.75, 3.05) is 0 Å². The molecular weight excluding hydrogens is 232 g/mol. The van der Waals surface area contributed by atoms with Gasteiger partial charge in [-0.2, -0.15) is 0 Å². The van der Waals surface area contributed by atoms with Crippen molar-refractivity contribution < 1.29 is 19.1 Å². The van der Waals surface area contributed by atoms with Gasteiger partial charge in [0.25, 0.3) is 0 Å². The molecule has 94 valence electrons. The van der Waals surface area contributed by atoms with E-state index < -0.39 is 5.97 Å². The van der Waals surface area contributed by atoms with E-state index in [2.05, 4.69) is 0 Å². The number of carboxylic acid groups (broad SMARTS) is 1. The van der Waals surface area contributed by atoms with Crippen LogP contribution in [0, 0.1) is 6.92 Å². The van der Waals surface area contributed by atoms with Crippen LogP contribution in [0.1, 0.15) is 27.4 Å². The molecule has 0 amide bonds. The molecule has 0 unspecified atom stereocenters. The van der Waals surface area contributed by atoms with E-state index in [1.807, 2.05) is 30.3 Å². The number of furan rings is 1. The molecule has 1 aromatic carbocycles. The Kier molecular flexibility index (Phi) is 3.79. The van der Waals surface area contributed by atoms with Crippen LogP contribution in [0.2, 0.25) is 0 Å². The van der Waals surface area contributed by atoms with Crippen molar-refractivity contribution in [3.05, 3.63) is 59.0 Å². The van der Waals surface area contributed by atoms with Crippen molar-refractivity contribution in [1.29, 1.82) is 0 Å². The highest BCUT2D eigenvalue weighted by Crippen LogP contribution is 2.16. The first kappa shape index (κ1) is 12.4. The van der Waals surface area contributed by atoms with Gasteiger partial charge in [-0.1, -0.05) is 30.3 Å². The lowest BCUT2D eigenvalue weighted by Crippen LogP contribution is -1.95. The second-order valence-electron chi connectivity index (χ2n) is 4.01. The van der Waals surface area contributed by atoms with Crippen molar-refractivity contribution >= 4 is 5.97 Å². The molecule has 2 rings (SSSR count). The first-order valence-electron chi connectivity index (χ1n) is 5.61. The van der Waals surface area contributed by atoms with E-state index in [0.29, 0.717) is 17.9 Å². The van der Waals surface area contributed by atoms with Crippen LogP contribution in [0.4, 0.5) is 0 Å². The Balaban J connectivity index is 1.91. The van der Waals surface area contributed by atoms with Crippen molar-refractivity contribution in [1.82, 2.24) is 0 Å². The summed E-state index contributed by atoms with van der Waals surface area (Å²) >= 11 is 0. The molecule has 0 bridgehead atoms. The van der Waals surface area contributed by atoms with E-state index in [4.69, 9.17) is 14.3 Å². The fourth-order valence-electron chi connectivity index (χ4n) is 1.68. The maximum Gasteiger partial charge on any atom is 0.372 e. The minimum Gasteiger partial charge on any atom is -0.475 e. The Labute approximate surface area is 105 Å². The fraction of sp³-hybridized carbons (Fsp3) is 0.214. The lowest BCUT2D eigenvalue weighted by atomic mass is 10.2. The molecule has 18 heavy (non-hydrogen) atoms. The molecule has 2 aromatic rings. The lowest BCUT2D eigenvalue weighted by Gasteiger charge is -2.01. The average Bonchev–Trinajstić information content (AvgIpc) is 2.72. The molecule has 0 radical (unpaired) electrons. The molecule has 1 N–H and O–H groups in total. The van der Waals surface area contributed by atoms with E-state index in [-0.39, 0.29) is 12.4 Å². The third-order valence-corrected chi connectivity index (χ3v) is 2.52. The minimum atomic E-state index is -1.05. The number of aromatic carboxylic acids is 1. The van der Waals surface area contributed by atoms with Crippen LogP contribution in [-0.2, 0) is 18.0 Å². The Hall–Kier alpha value is -2.07. The van der Waals surface area contributed by atoms with Gasteiger partial charge in [0.15, 0.2) is 0 Å². The lowest BCUT2D eigenvalue weighted by molar-refractivity contribution is 0.0640. The number of benzene rings is 1. The average molecular weight is 246 g/mol. The smallest absolute Gasteiger partial charge is 0.372 e. The van der Waals surface area contributed by atoms with Gasteiger partial charge in [0.05, 0.1) is 6.61 Å². The Morgan fingerprint density at radius 1 is 1.28 bits per heavy atom. The van der Waals surface area contributed by atoms with Gasteiger partial charge in [-0.3, -0.25) is 0 Å². The summed E-state index contributed by atoms with van der Waals surface area (Å²) in [5.74, 6) is -0.545. The highest BCUT2D eigenvalue weighted by Gasteiger charge is 2.14. The van der Waals surface area contributed by atoms with Gasteiger partial charge in [-0.25, -0.2) is 4.79 Å². The molecule has 0 atom stereocenters. The molecule has 0 saturated carbocycles. The molecule has 0 aliphatic carbocycles. The third kappa shape index (κ3) is 2.99. The second-order valence-corrected chi connectivity index (χ2v) is 4.01. The van der Waals surface area contributed by atoms with E-state index in [1.165, 1.54) is 0 Å². The number of aryl methyl sites for hydroxylation is 1. The first-order chi connectivity index (χ1) is 8.66. The summed E-state index contributed by atoms with van der Waals surface area (Å²) in [5.41, 5.74) is 1.68. The fourth-order valence-corrected chi connectivity index (χ4v) is 1.68. The van der Waals surface area contributed by atoms with Crippen LogP contribution in [0.25, 0.3) is 0 Å². The molecule has 1 heterocycles. The summed E-state index contributed by atoms with van der Waals surface area (Å²) in [5, 5.41) is 8.85. The maximum atomic E-state index is 10.8. The summed E-state index contributed by atoms with van der Waals surface area (Å²) in [6.45, 7) is 2.44. The predicted octanol–water partition coefficient (Wildman–Crippen LogP) is 3.00. The maximum absolute atomic E-state index is 10.8. The zero-order valence-electron chi connectivity index (χ0n) is 10.1. The third-order valence-electron chi connectivity index (χ3n) is 2.52. The van der Waals surface area contributed by atoms with E-state index in [9.17, 15) is 4.79 Å². The molecule has 4 heteroatoms. The van der Waals surface area contributed by atoms with Gasteiger partial charge in [-0.15, -0.1) is 0 Å². The number of hydrogen-bond donors (Lipinski definition) is 1. The molecule has 0 aliphatic rings. The topological polar surface area (TPSA) is 59.7 Å². The van der Waals surface area contributed by atoms with Crippen LogP contribution < -0.4 is 0 Å². The number of ether oxygens (including phenoxy) is 1. The zero-order chi connectivity index (χ0) is 13.0. The summed E-state index contributed by atoms with van der Waals surface area (Å²) in [7, 11) is 0. The van der Waals surface area contributed by atoms with Crippen LogP contribution in [-0.4, -0.2) is 11.1 Å². The summed E-state index contributed by atoms with van der Waals surface area (Å²) in [6.07, 6.45) is 0. The largest absolute Gasteiger partial charge is 0.475 e. The number of carboxylic acids is 1. The molecule has 0 saturated heterocycles. The Morgan fingerprint density at radius 3 is 2.61 bits per heavy atom. The van der Waals surface area contributed by atoms with Crippen molar-refractivity contribution in [3.8, 4) is 0 Å². The highest BCUT2D eigenvalue weighted by atomic mass is 16.5. The Bertz CT molecular complexity index is 528. The minimum absolute atomic E-state index is 0.0201. The van der Waals surface area contributed by atoms with Gasteiger partial charge in [0.1, 0.15) is 12.4 Å². The highest BCUT2D eigenvalue weighted by molar-refractivity contribution is 5.86. The van der Waals surface area contributed by atoms with Crippen molar-refractivity contribution in [3.63, 3.8) is 0 Å². The molecule has 0 fully saturated rings. The van der Waals surface area contributed by atoms with E-state index in [1.54, 1.807) is 13.0 Å². The van der Waals surface area contributed by atoms with Gasteiger partial charge < -0.3 is 14.3 Å². The molecule has 0 aliphatic heterocycles. The van der Waals surface area contributed by atoms with E-state index in [0.717, 1.165) is 5.56 Å². The zero-order valence-corrected chi connectivity index (χ0v) is 10.1. The van der Waals surface area contributed by atoms with Crippen LogP contribution >= 0.6 is 0 Å². The summed E-state index contributed by atoms with van der Waals surface area (Å²) in [6, 6.07) is 11.5. The molecule has 0 spiro atoms. The van der Waals surface area contributed by atoms with Crippen LogP contribution in [0.5, 0.6) is 0 Å². The predicted molar refractivity (Wildman–Crippen MR) is 65.3 cm³/mol. The number of hydrogen-bond acceptors (Lipinski definition) is 3. The van der Waals surface area contributed by atoms with Crippen molar-refractivity contribution in [2.24, 2.45) is 0 Å². The van der Waals surface area contributed by atoms with Crippen LogP contribution in [0.15, 0.2) is 40.8 Å². The summed E-state index contributed by atoms with van der Waals surface area (Å²) in [4.78, 5) is 10.8. The van der Waals surface area contributed by atoms with E-state index >= 15 is 0 Å². The van der Waals surface area contributed by atoms with Gasteiger partial charge in [0, 0.05) is 5.56 Å². The van der Waals surface area contributed by atoms with Crippen molar-refractivity contribution in [2.45, 2.75) is 20.1 Å². The first-order valence-corrected chi connectivity index (χ1v) is 5.61. The monoisotopic (exact) mass is 246 g/mol.